The largest absolute Gasteiger partial charge is 0.352 e. The van der Waals surface area contributed by atoms with Gasteiger partial charge in [0.2, 0.25) is 10.0 Å². The van der Waals surface area contributed by atoms with Crippen LogP contribution < -0.4 is 10.0 Å². The molecule has 0 aromatic heterocycles. The monoisotopic (exact) mass is 346 g/mol. The van der Waals surface area contributed by atoms with E-state index in [2.05, 4.69) is 35.2 Å². The SMILES string of the molecule is Cc1cccc(CCCNC(=O)c2ccccc2NS(C)(=O)=O)c1. The number of amides is 1. The van der Waals surface area contributed by atoms with Gasteiger partial charge < -0.3 is 5.32 Å². The summed E-state index contributed by atoms with van der Waals surface area (Å²) in [4.78, 5) is 12.3. The summed E-state index contributed by atoms with van der Waals surface area (Å²) in [7, 11) is -3.43. The van der Waals surface area contributed by atoms with Crippen molar-refractivity contribution < 1.29 is 13.2 Å². The van der Waals surface area contributed by atoms with E-state index in [-0.39, 0.29) is 11.6 Å². The van der Waals surface area contributed by atoms with Gasteiger partial charge in [-0.2, -0.15) is 0 Å². The summed E-state index contributed by atoms with van der Waals surface area (Å²) in [5.41, 5.74) is 3.07. The third-order valence-electron chi connectivity index (χ3n) is 3.48. The van der Waals surface area contributed by atoms with Crippen LogP contribution in [0.5, 0.6) is 0 Å². The van der Waals surface area contributed by atoms with Gasteiger partial charge in [-0.3, -0.25) is 9.52 Å². The predicted octanol–water partition coefficient (Wildman–Crippen LogP) is 2.73. The summed E-state index contributed by atoms with van der Waals surface area (Å²) >= 11 is 0. The molecule has 6 heteroatoms. The number of carbonyl (C=O) groups is 1. The molecule has 0 aliphatic carbocycles. The van der Waals surface area contributed by atoms with Crippen LogP contribution in [0.15, 0.2) is 48.5 Å². The summed E-state index contributed by atoms with van der Waals surface area (Å²) in [5, 5.41) is 2.84. The first-order valence-corrected chi connectivity index (χ1v) is 9.65. The Morgan fingerprint density at radius 2 is 1.83 bits per heavy atom. The minimum Gasteiger partial charge on any atom is -0.352 e. The summed E-state index contributed by atoms with van der Waals surface area (Å²) < 4.78 is 25.1. The zero-order valence-corrected chi connectivity index (χ0v) is 14.7. The number of para-hydroxylation sites is 1. The van der Waals surface area contributed by atoms with Crippen molar-refractivity contribution in [2.24, 2.45) is 0 Å². The minimum atomic E-state index is -3.43. The smallest absolute Gasteiger partial charge is 0.253 e. The van der Waals surface area contributed by atoms with E-state index < -0.39 is 10.0 Å². The third-order valence-corrected chi connectivity index (χ3v) is 4.07. The van der Waals surface area contributed by atoms with E-state index in [0.29, 0.717) is 12.1 Å². The molecule has 0 saturated heterocycles. The quantitative estimate of drug-likeness (QED) is 0.757. The molecule has 2 rings (SSSR count). The average Bonchev–Trinajstić information content (AvgIpc) is 2.50. The normalized spacial score (nSPS) is 11.1. The average molecular weight is 346 g/mol. The molecule has 0 aliphatic rings. The molecule has 0 unspecified atom stereocenters. The Morgan fingerprint density at radius 1 is 1.08 bits per heavy atom. The predicted molar refractivity (Wildman–Crippen MR) is 96.7 cm³/mol. The molecule has 0 heterocycles. The second kappa shape index (κ2) is 7.97. The molecule has 2 aromatic rings. The molecular formula is C18H22N2O3S. The van der Waals surface area contributed by atoms with Crippen LogP contribution in [0.25, 0.3) is 0 Å². The number of nitrogens with one attached hydrogen (secondary N) is 2. The summed E-state index contributed by atoms with van der Waals surface area (Å²) in [6.45, 7) is 2.58. The molecular weight excluding hydrogens is 324 g/mol. The van der Waals surface area contributed by atoms with Gasteiger partial charge in [-0.1, -0.05) is 42.0 Å². The molecule has 0 atom stereocenters. The highest BCUT2D eigenvalue weighted by Gasteiger charge is 2.13. The Balaban J connectivity index is 1.91. The van der Waals surface area contributed by atoms with Crippen molar-refractivity contribution in [3.05, 3.63) is 65.2 Å². The zero-order chi connectivity index (χ0) is 17.6. The number of hydrogen-bond acceptors (Lipinski definition) is 3. The van der Waals surface area contributed by atoms with Crippen molar-refractivity contribution in [1.29, 1.82) is 0 Å². The minimum absolute atomic E-state index is 0.286. The molecule has 0 aliphatic heterocycles. The van der Waals surface area contributed by atoms with E-state index in [1.54, 1.807) is 24.3 Å². The fourth-order valence-corrected chi connectivity index (χ4v) is 3.00. The molecule has 5 nitrogen and oxygen atoms in total. The number of hydrogen-bond donors (Lipinski definition) is 2. The lowest BCUT2D eigenvalue weighted by molar-refractivity contribution is 0.0954. The van der Waals surface area contributed by atoms with Gasteiger partial charge in [0.05, 0.1) is 17.5 Å². The van der Waals surface area contributed by atoms with Gasteiger partial charge in [-0.25, -0.2) is 8.42 Å². The van der Waals surface area contributed by atoms with Crippen molar-refractivity contribution in [2.45, 2.75) is 19.8 Å². The highest BCUT2D eigenvalue weighted by atomic mass is 32.2. The first-order valence-electron chi connectivity index (χ1n) is 7.76. The number of sulfonamides is 1. The van der Waals surface area contributed by atoms with Gasteiger partial charge in [-0.05, 0) is 37.5 Å². The standard InChI is InChI=1S/C18H22N2O3S/c1-14-7-5-8-15(13-14)9-6-12-19-18(21)16-10-3-4-11-17(16)20-24(2,22)23/h3-5,7-8,10-11,13,20H,6,9,12H2,1-2H3,(H,19,21). The van der Waals surface area contributed by atoms with E-state index in [1.165, 1.54) is 11.1 Å². The van der Waals surface area contributed by atoms with Crippen molar-refractivity contribution in [2.75, 3.05) is 17.5 Å². The van der Waals surface area contributed by atoms with E-state index >= 15 is 0 Å². The molecule has 0 fully saturated rings. The third kappa shape index (κ3) is 5.70. The van der Waals surface area contributed by atoms with Gasteiger partial charge in [-0.15, -0.1) is 0 Å². The van der Waals surface area contributed by atoms with Crippen molar-refractivity contribution in [1.82, 2.24) is 5.32 Å². The summed E-state index contributed by atoms with van der Waals surface area (Å²) in [6.07, 6.45) is 2.76. The Bertz CT molecular complexity index is 817. The number of benzene rings is 2. The topological polar surface area (TPSA) is 75.3 Å². The van der Waals surface area contributed by atoms with Crippen LogP contribution in [0.3, 0.4) is 0 Å². The highest BCUT2D eigenvalue weighted by Crippen LogP contribution is 2.16. The van der Waals surface area contributed by atoms with E-state index in [9.17, 15) is 13.2 Å². The van der Waals surface area contributed by atoms with E-state index in [4.69, 9.17) is 0 Å². The van der Waals surface area contributed by atoms with Gasteiger partial charge in [0.25, 0.3) is 5.91 Å². The number of aryl methyl sites for hydroxylation is 2. The first-order chi connectivity index (χ1) is 11.3. The number of carbonyl (C=O) groups excluding carboxylic acids is 1. The molecule has 128 valence electrons. The fraction of sp³-hybridized carbons (Fsp3) is 0.278. The Hall–Kier alpha value is -2.34. The molecule has 0 radical (unpaired) electrons. The maximum Gasteiger partial charge on any atom is 0.253 e. The van der Waals surface area contributed by atoms with Crippen LogP contribution >= 0.6 is 0 Å². The van der Waals surface area contributed by atoms with Crippen LogP contribution in [0.4, 0.5) is 5.69 Å². The Morgan fingerprint density at radius 3 is 2.54 bits per heavy atom. The molecule has 2 N–H and O–H groups in total. The van der Waals surface area contributed by atoms with Crippen molar-refractivity contribution >= 4 is 21.6 Å². The van der Waals surface area contributed by atoms with Crippen LogP contribution in [0.2, 0.25) is 0 Å². The van der Waals surface area contributed by atoms with Crippen molar-refractivity contribution in [3.63, 3.8) is 0 Å². The molecule has 24 heavy (non-hydrogen) atoms. The first kappa shape index (κ1) is 18.0. The fourth-order valence-electron chi connectivity index (χ4n) is 2.43. The second-order valence-electron chi connectivity index (χ2n) is 5.77. The van der Waals surface area contributed by atoms with Gasteiger partial charge in [0.1, 0.15) is 0 Å². The summed E-state index contributed by atoms with van der Waals surface area (Å²) in [6, 6.07) is 14.8. The maximum atomic E-state index is 12.3. The van der Waals surface area contributed by atoms with Crippen LogP contribution in [0, 0.1) is 6.92 Å². The molecule has 0 bridgehead atoms. The second-order valence-corrected chi connectivity index (χ2v) is 7.52. The zero-order valence-electron chi connectivity index (χ0n) is 13.9. The lowest BCUT2D eigenvalue weighted by Crippen LogP contribution is -2.26. The lowest BCUT2D eigenvalue weighted by Gasteiger charge is -2.11. The van der Waals surface area contributed by atoms with Gasteiger partial charge >= 0.3 is 0 Å². The maximum absolute atomic E-state index is 12.3. The molecule has 1 amide bonds. The lowest BCUT2D eigenvalue weighted by atomic mass is 10.1. The number of anilines is 1. The molecule has 0 saturated carbocycles. The Labute approximate surface area is 143 Å². The van der Waals surface area contributed by atoms with Gasteiger partial charge in [0.15, 0.2) is 0 Å². The van der Waals surface area contributed by atoms with Gasteiger partial charge in [0, 0.05) is 6.54 Å². The van der Waals surface area contributed by atoms with Crippen LogP contribution in [-0.4, -0.2) is 27.1 Å². The van der Waals surface area contributed by atoms with E-state index in [0.717, 1.165) is 19.1 Å². The Kier molecular flexibility index (Phi) is 5.98. The molecule has 0 spiro atoms. The van der Waals surface area contributed by atoms with E-state index in [1.807, 2.05) is 6.07 Å². The van der Waals surface area contributed by atoms with Crippen molar-refractivity contribution in [3.8, 4) is 0 Å². The van der Waals surface area contributed by atoms with Crippen LogP contribution in [0.1, 0.15) is 27.9 Å². The molecule has 2 aromatic carbocycles. The highest BCUT2D eigenvalue weighted by molar-refractivity contribution is 7.92. The van der Waals surface area contributed by atoms with Crippen LogP contribution in [-0.2, 0) is 16.4 Å². The summed E-state index contributed by atoms with van der Waals surface area (Å²) in [5.74, 6) is -0.286. The number of rotatable bonds is 7.